The molecule has 0 radical (unpaired) electrons. The lowest BCUT2D eigenvalue weighted by Gasteiger charge is -2.21. The Bertz CT molecular complexity index is 829. The van der Waals surface area contributed by atoms with Crippen LogP contribution in [0.25, 0.3) is 22.2 Å². The van der Waals surface area contributed by atoms with E-state index >= 15 is 0 Å². The highest BCUT2D eigenvalue weighted by Crippen LogP contribution is 2.35. The molecule has 1 aromatic heterocycles. The third-order valence-electron chi connectivity index (χ3n) is 3.70. The van der Waals surface area contributed by atoms with Gasteiger partial charge in [-0.15, -0.1) is 0 Å². The van der Waals surface area contributed by atoms with Crippen molar-refractivity contribution in [3.63, 3.8) is 0 Å². The Balaban J connectivity index is 2.09. The Kier molecular flexibility index (Phi) is 1.93. The second-order valence-corrected chi connectivity index (χ2v) is 5.03. The van der Waals surface area contributed by atoms with Gasteiger partial charge in [0.05, 0.1) is 0 Å². The summed E-state index contributed by atoms with van der Waals surface area (Å²) in [5.41, 5.74) is 8.04. The third-order valence-corrected chi connectivity index (χ3v) is 3.70. The van der Waals surface area contributed by atoms with Crippen LogP contribution in [0.5, 0.6) is 0 Å². The molecule has 4 heteroatoms. The van der Waals surface area contributed by atoms with Gasteiger partial charge in [-0.3, -0.25) is 0 Å². The Morgan fingerprint density at radius 2 is 1.74 bits per heavy atom. The fraction of sp³-hybridized carbons (Fsp3) is 0.133. The van der Waals surface area contributed by atoms with Gasteiger partial charge in [0.25, 0.3) is 0 Å². The molecular formula is C15H12N4. The van der Waals surface area contributed by atoms with Gasteiger partial charge in [-0.05, 0) is 35.7 Å². The number of H-pyrrole nitrogens is 1. The lowest BCUT2D eigenvalue weighted by atomic mass is 9.83. The van der Waals surface area contributed by atoms with Gasteiger partial charge in [0.2, 0.25) is 0 Å². The van der Waals surface area contributed by atoms with Crippen LogP contribution in [0.3, 0.4) is 0 Å². The first-order valence-electron chi connectivity index (χ1n) is 6.24. The van der Waals surface area contributed by atoms with Crippen molar-refractivity contribution in [3.05, 3.63) is 47.0 Å². The van der Waals surface area contributed by atoms with Crippen molar-refractivity contribution in [2.24, 2.45) is 0 Å². The van der Waals surface area contributed by atoms with Crippen LogP contribution < -0.4 is 0 Å². The molecule has 3 aromatic rings. The molecule has 0 saturated carbocycles. The Morgan fingerprint density at radius 1 is 1.00 bits per heavy atom. The van der Waals surface area contributed by atoms with Crippen LogP contribution in [0.2, 0.25) is 0 Å². The Labute approximate surface area is 110 Å². The van der Waals surface area contributed by atoms with Gasteiger partial charge in [0.15, 0.2) is 0 Å². The number of hydrogen-bond donors (Lipinski definition) is 2. The smallest absolute Gasteiger partial charge is 0.113 e. The molecule has 19 heavy (non-hydrogen) atoms. The maximum Gasteiger partial charge on any atom is 0.113 e. The predicted octanol–water partition coefficient (Wildman–Crippen LogP) is 2.86. The molecule has 92 valence electrons. The summed E-state index contributed by atoms with van der Waals surface area (Å²) in [6.45, 7) is 2.08. The topological polar surface area (TPSA) is 65.4 Å². The maximum absolute atomic E-state index is 8.24. The van der Waals surface area contributed by atoms with E-state index in [-0.39, 0.29) is 0 Å². The molecule has 1 heterocycles. The molecule has 0 fully saturated rings. The summed E-state index contributed by atoms with van der Waals surface area (Å²) in [5, 5.41) is 19.1. The van der Waals surface area contributed by atoms with Crippen LogP contribution in [0.15, 0.2) is 30.3 Å². The Hall–Kier alpha value is -2.49. The normalized spacial score (nSPS) is 13.4. The summed E-state index contributed by atoms with van der Waals surface area (Å²) in [6.07, 6.45) is 0.688. The number of nitrogens with one attached hydrogen (secondary N) is 2. The first kappa shape index (κ1) is 10.4. The van der Waals surface area contributed by atoms with Gasteiger partial charge in [0, 0.05) is 17.7 Å². The zero-order valence-electron chi connectivity index (χ0n) is 10.5. The molecule has 2 aromatic carbocycles. The van der Waals surface area contributed by atoms with E-state index in [0.717, 1.165) is 22.2 Å². The predicted molar refractivity (Wildman–Crippen MR) is 74.6 cm³/mol. The molecular weight excluding hydrogens is 236 g/mol. The summed E-state index contributed by atoms with van der Waals surface area (Å²) in [4.78, 5) is 0. The van der Waals surface area contributed by atoms with Crippen molar-refractivity contribution in [3.8, 4) is 11.1 Å². The quantitative estimate of drug-likeness (QED) is 0.642. The number of aromatic nitrogens is 3. The van der Waals surface area contributed by atoms with Gasteiger partial charge in [0.1, 0.15) is 11.0 Å². The van der Waals surface area contributed by atoms with Gasteiger partial charge in [-0.25, -0.2) is 0 Å². The molecule has 1 aliphatic rings. The van der Waals surface area contributed by atoms with E-state index in [1.807, 2.05) is 12.1 Å². The second kappa shape index (κ2) is 3.51. The van der Waals surface area contributed by atoms with Crippen LogP contribution in [0, 0.1) is 12.3 Å². The van der Waals surface area contributed by atoms with Gasteiger partial charge >= 0.3 is 0 Å². The van der Waals surface area contributed by atoms with Crippen molar-refractivity contribution in [1.82, 2.24) is 15.4 Å². The second-order valence-electron chi connectivity index (χ2n) is 5.03. The number of rotatable bonds is 0. The van der Waals surface area contributed by atoms with E-state index in [1.54, 1.807) is 0 Å². The number of nitrogens with zero attached hydrogens (tertiary/aromatic N) is 2. The minimum absolute atomic E-state index is 0.651. The molecule has 0 spiro atoms. The average molecular weight is 248 g/mol. The van der Waals surface area contributed by atoms with E-state index in [0.29, 0.717) is 12.1 Å². The van der Waals surface area contributed by atoms with Crippen molar-refractivity contribution in [1.29, 1.82) is 5.41 Å². The van der Waals surface area contributed by atoms with E-state index in [2.05, 4.69) is 40.5 Å². The number of hydrogen-bond acceptors (Lipinski definition) is 3. The number of aryl methyl sites for hydroxylation is 1. The monoisotopic (exact) mass is 248 g/mol. The van der Waals surface area contributed by atoms with Crippen LogP contribution in [-0.2, 0) is 6.42 Å². The highest BCUT2D eigenvalue weighted by Gasteiger charge is 2.21. The fourth-order valence-electron chi connectivity index (χ4n) is 2.78. The summed E-state index contributed by atoms with van der Waals surface area (Å²) in [7, 11) is 0. The summed E-state index contributed by atoms with van der Waals surface area (Å²) in [6, 6.07) is 10.4. The first-order valence-corrected chi connectivity index (χ1v) is 6.24. The zero-order valence-corrected chi connectivity index (χ0v) is 10.5. The van der Waals surface area contributed by atoms with E-state index in [9.17, 15) is 0 Å². The lowest BCUT2D eigenvalue weighted by Crippen LogP contribution is -2.12. The lowest BCUT2D eigenvalue weighted by molar-refractivity contribution is 0.959. The van der Waals surface area contributed by atoms with Crippen LogP contribution in [0.4, 0.5) is 0 Å². The number of benzene rings is 2. The molecule has 0 saturated heterocycles. The number of fused-ring (bicyclic) bond motifs is 4. The third kappa shape index (κ3) is 1.43. The minimum atomic E-state index is 0.651. The SMILES string of the molecule is Cc1ccc2c(c1)CC(=N)c1cc3n[nH]nc3cc1-2. The Morgan fingerprint density at radius 3 is 2.53 bits per heavy atom. The molecule has 0 amide bonds. The highest BCUT2D eigenvalue weighted by atomic mass is 15.3. The van der Waals surface area contributed by atoms with E-state index < -0.39 is 0 Å². The van der Waals surface area contributed by atoms with E-state index in [1.165, 1.54) is 16.7 Å². The number of aromatic amines is 1. The molecule has 4 rings (SSSR count). The van der Waals surface area contributed by atoms with Gasteiger partial charge in [-0.2, -0.15) is 15.4 Å². The summed E-state index contributed by atoms with van der Waals surface area (Å²) in [5.74, 6) is 0. The zero-order chi connectivity index (χ0) is 13.0. The minimum Gasteiger partial charge on any atom is -0.304 e. The highest BCUT2D eigenvalue weighted by molar-refractivity contribution is 6.11. The molecule has 2 N–H and O–H groups in total. The van der Waals surface area contributed by atoms with Crippen LogP contribution in [0.1, 0.15) is 16.7 Å². The van der Waals surface area contributed by atoms with E-state index in [4.69, 9.17) is 5.41 Å². The van der Waals surface area contributed by atoms with Gasteiger partial charge in [-0.1, -0.05) is 23.8 Å². The fourth-order valence-corrected chi connectivity index (χ4v) is 2.78. The summed E-state index contributed by atoms with van der Waals surface area (Å²) >= 11 is 0. The van der Waals surface area contributed by atoms with Crippen molar-refractivity contribution in [2.75, 3.05) is 0 Å². The standard InChI is InChI=1S/C15H12N4/c1-8-2-3-10-9(4-8)5-13(16)12-7-15-14(6-11(10)12)17-19-18-15/h2-4,6-7,16H,5H2,1H3,(H,17,18,19). The molecule has 0 aliphatic heterocycles. The molecule has 4 nitrogen and oxygen atoms in total. The maximum atomic E-state index is 8.24. The molecule has 0 bridgehead atoms. The van der Waals surface area contributed by atoms with Crippen LogP contribution >= 0.6 is 0 Å². The molecule has 0 atom stereocenters. The summed E-state index contributed by atoms with van der Waals surface area (Å²) < 4.78 is 0. The average Bonchev–Trinajstić information content (AvgIpc) is 2.84. The molecule has 0 unspecified atom stereocenters. The first-order chi connectivity index (χ1) is 9.22. The van der Waals surface area contributed by atoms with Gasteiger partial charge < -0.3 is 5.41 Å². The van der Waals surface area contributed by atoms with Crippen molar-refractivity contribution < 1.29 is 0 Å². The van der Waals surface area contributed by atoms with Crippen LogP contribution in [-0.4, -0.2) is 21.1 Å². The largest absolute Gasteiger partial charge is 0.304 e. The van der Waals surface area contributed by atoms with Crippen molar-refractivity contribution >= 4 is 16.7 Å². The van der Waals surface area contributed by atoms with Crippen molar-refractivity contribution in [2.45, 2.75) is 13.3 Å². The molecule has 1 aliphatic carbocycles.